The average Bonchev–Trinajstić information content (AvgIpc) is 2.48. The van der Waals surface area contributed by atoms with Gasteiger partial charge in [-0.25, -0.2) is 0 Å². The molecule has 0 aromatic carbocycles. The molecule has 0 radical (unpaired) electrons. The Morgan fingerprint density at radius 1 is 1.20 bits per heavy atom. The quantitative estimate of drug-likeness (QED) is 0.173. The first kappa shape index (κ1) is 20.0. The van der Waals surface area contributed by atoms with E-state index in [1.807, 2.05) is 0 Å². The Morgan fingerprint density at radius 3 is 2.35 bits per heavy atom. The van der Waals surface area contributed by atoms with Crippen molar-refractivity contribution in [2.24, 2.45) is 5.92 Å². The summed E-state index contributed by atoms with van der Waals surface area (Å²) in [5.74, 6) is -0.479. The number of hydrogen-bond donors (Lipinski definition) is 0. The normalized spacial score (nSPS) is 13.2. The minimum absolute atomic E-state index is 0.113. The van der Waals surface area contributed by atoms with Gasteiger partial charge in [0.25, 0.3) is 0 Å². The number of ether oxygens (including phenoxy) is 1. The molecule has 0 aromatic heterocycles. The lowest BCUT2D eigenvalue weighted by molar-refractivity contribution is -0.156. The summed E-state index contributed by atoms with van der Waals surface area (Å²) in [4.78, 5) is 11.5. The molecule has 0 heterocycles. The molecule has 0 fully saturated rings. The van der Waals surface area contributed by atoms with Gasteiger partial charge in [0.1, 0.15) is 0 Å². The Bertz CT molecular complexity index is 261. The van der Waals surface area contributed by atoms with Crippen LogP contribution in [-0.4, -0.2) is 41.1 Å². The maximum absolute atomic E-state index is 11.5. The number of carbonyl (C=O) groups is 1. The third-order valence-corrected chi connectivity index (χ3v) is 6.81. The summed E-state index contributed by atoms with van der Waals surface area (Å²) >= 11 is 3.24. The number of carbonyl (C=O) groups excluding carboxylic acids is 1. The SMILES string of the molecule is CCCCCC[Si](OC)(OC)OCOC(=O)C(C)CBr. The summed E-state index contributed by atoms with van der Waals surface area (Å²) in [6.07, 6.45) is 4.49. The topological polar surface area (TPSA) is 54.0 Å². The molecule has 7 heteroatoms. The molecule has 0 aliphatic carbocycles. The summed E-state index contributed by atoms with van der Waals surface area (Å²) in [6.45, 7) is 3.84. The lowest BCUT2D eigenvalue weighted by Gasteiger charge is -2.26. The van der Waals surface area contributed by atoms with Crippen LogP contribution in [0.3, 0.4) is 0 Å². The van der Waals surface area contributed by atoms with Crippen LogP contribution in [0.4, 0.5) is 0 Å². The fraction of sp³-hybridized carbons (Fsp3) is 0.923. The van der Waals surface area contributed by atoms with Crippen LogP contribution < -0.4 is 0 Å². The maximum Gasteiger partial charge on any atom is 0.502 e. The van der Waals surface area contributed by atoms with Gasteiger partial charge < -0.3 is 18.0 Å². The van der Waals surface area contributed by atoms with Gasteiger partial charge >= 0.3 is 14.8 Å². The van der Waals surface area contributed by atoms with Crippen LogP contribution in [0.25, 0.3) is 0 Å². The second kappa shape index (κ2) is 11.7. The number of halogens is 1. The van der Waals surface area contributed by atoms with E-state index in [0.29, 0.717) is 5.33 Å². The molecule has 0 aliphatic heterocycles. The number of unbranched alkanes of at least 4 members (excludes halogenated alkanes) is 3. The molecule has 0 saturated heterocycles. The van der Waals surface area contributed by atoms with Crippen LogP contribution in [0, 0.1) is 5.92 Å². The third kappa shape index (κ3) is 7.73. The van der Waals surface area contributed by atoms with Gasteiger partial charge in [-0.05, 0) is 6.42 Å². The van der Waals surface area contributed by atoms with Crippen molar-refractivity contribution in [2.75, 3.05) is 26.3 Å². The molecule has 1 atom stereocenters. The summed E-state index contributed by atoms with van der Waals surface area (Å²) in [5.41, 5.74) is 0. The zero-order chi connectivity index (χ0) is 15.4. The van der Waals surface area contributed by atoms with Gasteiger partial charge in [-0.3, -0.25) is 4.79 Å². The average molecular weight is 371 g/mol. The Morgan fingerprint density at radius 2 is 1.85 bits per heavy atom. The summed E-state index contributed by atoms with van der Waals surface area (Å²) < 4.78 is 21.5. The molecule has 1 unspecified atom stereocenters. The Hall–Kier alpha value is 0.0469. The summed E-state index contributed by atoms with van der Waals surface area (Å²) in [5, 5.41) is 0.569. The first-order valence-corrected chi connectivity index (χ1v) is 10.1. The van der Waals surface area contributed by atoms with E-state index in [1.165, 1.54) is 12.8 Å². The van der Waals surface area contributed by atoms with Gasteiger partial charge in [-0.1, -0.05) is 49.0 Å². The van der Waals surface area contributed by atoms with Crippen molar-refractivity contribution in [1.82, 2.24) is 0 Å². The molecular formula is C13H27BrO5Si. The Balaban J connectivity index is 4.14. The molecule has 20 heavy (non-hydrogen) atoms. The molecule has 0 rings (SSSR count). The van der Waals surface area contributed by atoms with Crippen LogP contribution in [0.5, 0.6) is 0 Å². The van der Waals surface area contributed by atoms with Gasteiger partial charge in [0.2, 0.25) is 0 Å². The highest BCUT2D eigenvalue weighted by molar-refractivity contribution is 9.09. The van der Waals surface area contributed by atoms with Crippen molar-refractivity contribution in [3.05, 3.63) is 0 Å². The first-order chi connectivity index (χ1) is 9.55. The second-order valence-corrected chi connectivity index (χ2v) is 8.30. The van der Waals surface area contributed by atoms with Crippen molar-refractivity contribution < 1.29 is 22.8 Å². The largest absolute Gasteiger partial charge is 0.502 e. The fourth-order valence-electron chi connectivity index (χ4n) is 1.63. The minimum atomic E-state index is -2.69. The second-order valence-electron chi connectivity index (χ2n) is 4.68. The van der Waals surface area contributed by atoms with Crippen molar-refractivity contribution in [3.8, 4) is 0 Å². The minimum Gasteiger partial charge on any atom is -0.439 e. The highest BCUT2D eigenvalue weighted by atomic mass is 79.9. The van der Waals surface area contributed by atoms with Crippen LogP contribution in [0.15, 0.2) is 0 Å². The van der Waals surface area contributed by atoms with Crippen molar-refractivity contribution in [2.45, 2.75) is 45.6 Å². The molecule has 0 bridgehead atoms. The van der Waals surface area contributed by atoms with Crippen molar-refractivity contribution in [3.63, 3.8) is 0 Å². The van der Waals surface area contributed by atoms with Gasteiger partial charge in [-0.2, -0.15) is 0 Å². The van der Waals surface area contributed by atoms with Crippen LogP contribution in [-0.2, 0) is 22.8 Å². The van der Waals surface area contributed by atoms with Gasteiger partial charge in [0.05, 0.1) is 5.92 Å². The van der Waals surface area contributed by atoms with E-state index in [1.54, 1.807) is 21.1 Å². The lowest BCUT2D eigenvalue weighted by atomic mass is 10.2. The van der Waals surface area contributed by atoms with Crippen LogP contribution in [0.2, 0.25) is 6.04 Å². The number of alkyl halides is 1. The predicted octanol–water partition coefficient (Wildman–Crippen LogP) is 3.35. The maximum atomic E-state index is 11.5. The Kier molecular flexibility index (Phi) is 11.7. The van der Waals surface area contributed by atoms with E-state index < -0.39 is 8.80 Å². The monoisotopic (exact) mass is 370 g/mol. The third-order valence-electron chi connectivity index (χ3n) is 3.07. The molecule has 0 aromatic rings. The van der Waals surface area contributed by atoms with Gasteiger partial charge in [0, 0.05) is 25.6 Å². The molecule has 0 amide bonds. The van der Waals surface area contributed by atoms with Crippen molar-refractivity contribution in [1.29, 1.82) is 0 Å². The number of rotatable bonds is 12. The molecule has 0 aliphatic rings. The van der Waals surface area contributed by atoms with Gasteiger partial charge in [0.15, 0.2) is 6.79 Å². The Labute approximate surface area is 131 Å². The highest BCUT2D eigenvalue weighted by Crippen LogP contribution is 2.19. The highest BCUT2D eigenvalue weighted by Gasteiger charge is 2.38. The number of esters is 1. The van der Waals surface area contributed by atoms with E-state index in [4.69, 9.17) is 18.0 Å². The standard InChI is InChI=1S/C13H27BrO5Si/c1-5-6-7-8-9-20(16-3,17-4)19-11-18-13(15)12(2)10-14/h12H,5-11H2,1-4H3. The van der Waals surface area contributed by atoms with E-state index in [-0.39, 0.29) is 18.7 Å². The van der Waals surface area contributed by atoms with Crippen LogP contribution in [0.1, 0.15) is 39.5 Å². The van der Waals surface area contributed by atoms with Crippen molar-refractivity contribution >= 4 is 30.7 Å². The molecule has 0 spiro atoms. The molecule has 120 valence electrons. The van der Waals surface area contributed by atoms with E-state index in [0.717, 1.165) is 18.9 Å². The summed E-state index contributed by atoms with van der Waals surface area (Å²) in [6, 6.07) is 0.742. The van der Waals surface area contributed by atoms with E-state index >= 15 is 0 Å². The predicted molar refractivity (Wildman–Crippen MR) is 83.7 cm³/mol. The van der Waals surface area contributed by atoms with E-state index in [2.05, 4.69) is 22.9 Å². The zero-order valence-corrected chi connectivity index (χ0v) is 15.5. The smallest absolute Gasteiger partial charge is 0.439 e. The van der Waals surface area contributed by atoms with E-state index in [9.17, 15) is 4.79 Å². The first-order valence-electron chi connectivity index (χ1n) is 7.02. The molecule has 0 saturated carbocycles. The fourth-order valence-corrected chi connectivity index (χ4v) is 3.77. The molecule has 0 N–H and O–H groups in total. The summed E-state index contributed by atoms with van der Waals surface area (Å²) in [7, 11) is 0.469. The molecular weight excluding hydrogens is 344 g/mol. The number of hydrogen-bond acceptors (Lipinski definition) is 5. The molecule has 5 nitrogen and oxygen atoms in total. The van der Waals surface area contributed by atoms with Gasteiger partial charge in [-0.15, -0.1) is 0 Å². The van der Waals surface area contributed by atoms with Crippen LogP contribution >= 0.6 is 15.9 Å². The zero-order valence-electron chi connectivity index (χ0n) is 12.9. The lowest BCUT2D eigenvalue weighted by Crippen LogP contribution is -2.44.